The topological polar surface area (TPSA) is 30.5 Å². The van der Waals surface area contributed by atoms with Gasteiger partial charge in [-0.3, -0.25) is 0 Å². The minimum Gasteiger partial charge on any atom is -0.493 e. The number of ether oxygens (including phenoxy) is 2. The van der Waals surface area contributed by atoms with Gasteiger partial charge in [-0.25, -0.2) is 0 Å². The van der Waals surface area contributed by atoms with Crippen LogP contribution in [0, 0.1) is 23.7 Å². The van der Waals surface area contributed by atoms with Crippen molar-refractivity contribution in [1.29, 1.82) is 0 Å². The van der Waals surface area contributed by atoms with Gasteiger partial charge in [0, 0.05) is 12.6 Å². The molecule has 0 heterocycles. The lowest BCUT2D eigenvalue weighted by atomic mass is 9.54. The fraction of sp³-hybridized carbons (Fsp3) is 0.714. The van der Waals surface area contributed by atoms with E-state index >= 15 is 0 Å². The first-order valence-electron chi connectivity index (χ1n) is 9.80. The largest absolute Gasteiger partial charge is 0.493 e. The van der Waals surface area contributed by atoms with Crippen molar-refractivity contribution < 1.29 is 9.47 Å². The number of rotatable bonds is 6. The predicted molar refractivity (Wildman–Crippen MR) is 101 cm³/mol. The summed E-state index contributed by atoms with van der Waals surface area (Å²) >= 11 is 6.47. The average molecular weight is 364 g/mol. The fourth-order valence-corrected chi connectivity index (χ4v) is 6.00. The van der Waals surface area contributed by atoms with Crippen molar-refractivity contribution in [2.24, 2.45) is 23.7 Å². The summed E-state index contributed by atoms with van der Waals surface area (Å²) < 4.78 is 11.3. The van der Waals surface area contributed by atoms with Crippen LogP contribution in [0.2, 0.25) is 5.02 Å². The van der Waals surface area contributed by atoms with Crippen molar-refractivity contribution >= 4 is 11.6 Å². The monoisotopic (exact) mass is 363 g/mol. The van der Waals surface area contributed by atoms with E-state index in [1.54, 1.807) is 7.11 Å². The molecule has 0 atom stereocenters. The molecule has 4 saturated carbocycles. The van der Waals surface area contributed by atoms with E-state index in [0.717, 1.165) is 36.0 Å². The third-order valence-electron chi connectivity index (χ3n) is 6.41. The molecule has 4 aliphatic carbocycles. The summed E-state index contributed by atoms with van der Waals surface area (Å²) in [7, 11) is 1.67. The van der Waals surface area contributed by atoms with E-state index in [9.17, 15) is 0 Å². The first kappa shape index (κ1) is 17.5. The number of methoxy groups -OCH3 is 1. The second kappa shape index (κ2) is 7.00. The standard InChI is InChI=1S/C21H30ClNO2/c1-12(2)25-21-18(22)9-15(10-19(21)24-3)11-23-20-16-5-13-4-14(7-16)8-17(20)6-13/h9-10,12-14,16-17,20,23H,4-8,11H2,1-3H3. The van der Waals surface area contributed by atoms with Crippen LogP contribution in [0.5, 0.6) is 11.5 Å². The van der Waals surface area contributed by atoms with E-state index in [0.29, 0.717) is 16.8 Å². The van der Waals surface area contributed by atoms with Gasteiger partial charge in [0.25, 0.3) is 0 Å². The van der Waals surface area contributed by atoms with Crippen molar-refractivity contribution in [3.63, 3.8) is 0 Å². The minimum absolute atomic E-state index is 0.0726. The summed E-state index contributed by atoms with van der Waals surface area (Å²) in [4.78, 5) is 0. The van der Waals surface area contributed by atoms with Crippen molar-refractivity contribution in [3.05, 3.63) is 22.7 Å². The van der Waals surface area contributed by atoms with Crippen molar-refractivity contribution in [3.8, 4) is 11.5 Å². The summed E-state index contributed by atoms with van der Waals surface area (Å²) in [6.45, 7) is 4.85. The number of benzene rings is 1. The van der Waals surface area contributed by atoms with E-state index in [2.05, 4.69) is 11.4 Å². The normalized spacial score (nSPS) is 33.1. The van der Waals surface area contributed by atoms with Crippen molar-refractivity contribution in [2.45, 2.75) is 64.6 Å². The number of hydrogen-bond acceptors (Lipinski definition) is 3. The van der Waals surface area contributed by atoms with Gasteiger partial charge < -0.3 is 14.8 Å². The lowest BCUT2D eigenvalue weighted by molar-refractivity contribution is -0.0142. The van der Waals surface area contributed by atoms with Gasteiger partial charge in [-0.15, -0.1) is 0 Å². The molecule has 1 aromatic rings. The highest BCUT2D eigenvalue weighted by atomic mass is 35.5. The summed E-state index contributed by atoms with van der Waals surface area (Å²) in [6.07, 6.45) is 7.34. The molecule has 4 fully saturated rings. The maximum absolute atomic E-state index is 6.47. The molecular formula is C21H30ClNO2. The molecule has 5 rings (SSSR count). The van der Waals surface area contributed by atoms with Gasteiger partial charge in [0.1, 0.15) is 0 Å². The Kier molecular flexibility index (Phi) is 4.89. The SMILES string of the molecule is COc1cc(CNC2C3CC4CC(C3)CC2C4)cc(Cl)c1OC(C)C. The lowest BCUT2D eigenvalue weighted by Gasteiger charge is -2.54. The Morgan fingerprint density at radius 2 is 1.72 bits per heavy atom. The molecule has 0 aliphatic heterocycles. The van der Waals surface area contributed by atoms with Gasteiger partial charge in [-0.05, 0) is 87.3 Å². The highest BCUT2D eigenvalue weighted by Crippen LogP contribution is 2.53. The van der Waals surface area contributed by atoms with Crippen molar-refractivity contribution in [2.75, 3.05) is 7.11 Å². The van der Waals surface area contributed by atoms with Crippen LogP contribution in [0.25, 0.3) is 0 Å². The molecule has 1 N–H and O–H groups in total. The Labute approximate surface area is 156 Å². The molecule has 25 heavy (non-hydrogen) atoms. The van der Waals surface area contributed by atoms with Crippen LogP contribution in [-0.2, 0) is 6.54 Å². The second-order valence-corrected chi connectivity index (χ2v) is 9.02. The van der Waals surface area contributed by atoms with Gasteiger partial charge in [-0.2, -0.15) is 0 Å². The van der Waals surface area contributed by atoms with Gasteiger partial charge in [0.05, 0.1) is 18.2 Å². The second-order valence-electron chi connectivity index (χ2n) is 8.61. The number of halogens is 1. The molecule has 0 aromatic heterocycles. The fourth-order valence-electron chi connectivity index (χ4n) is 5.72. The summed E-state index contributed by atoms with van der Waals surface area (Å²) in [5.41, 5.74) is 1.17. The van der Waals surface area contributed by atoms with Gasteiger partial charge in [-0.1, -0.05) is 11.6 Å². The van der Waals surface area contributed by atoms with E-state index in [4.69, 9.17) is 21.1 Å². The van der Waals surface area contributed by atoms with Crippen LogP contribution < -0.4 is 14.8 Å². The van der Waals surface area contributed by atoms with Crippen LogP contribution in [0.3, 0.4) is 0 Å². The smallest absolute Gasteiger partial charge is 0.180 e. The molecule has 3 nitrogen and oxygen atoms in total. The van der Waals surface area contributed by atoms with Crippen LogP contribution in [0.1, 0.15) is 51.5 Å². The van der Waals surface area contributed by atoms with Crippen molar-refractivity contribution in [1.82, 2.24) is 5.32 Å². The Hall–Kier alpha value is -0.930. The van der Waals surface area contributed by atoms with Crippen LogP contribution >= 0.6 is 11.6 Å². The molecule has 4 heteroatoms. The van der Waals surface area contributed by atoms with Gasteiger partial charge >= 0.3 is 0 Å². The quantitative estimate of drug-likeness (QED) is 0.767. The predicted octanol–water partition coefficient (Wildman–Crippen LogP) is 5.05. The van der Waals surface area contributed by atoms with E-state index in [1.165, 1.54) is 37.7 Å². The molecular weight excluding hydrogens is 334 g/mol. The zero-order valence-corrected chi connectivity index (χ0v) is 16.3. The maximum Gasteiger partial charge on any atom is 0.180 e. The summed E-state index contributed by atoms with van der Waals surface area (Å²) in [5.74, 6) is 5.18. The van der Waals surface area contributed by atoms with Gasteiger partial charge in [0.15, 0.2) is 11.5 Å². The molecule has 4 bridgehead atoms. The number of hydrogen-bond donors (Lipinski definition) is 1. The zero-order valence-electron chi connectivity index (χ0n) is 15.6. The Bertz CT molecular complexity index is 603. The third-order valence-corrected chi connectivity index (χ3v) is 6.69. The van der Waals surface area contributed by atoms with Crippen LogP contribution in [-0.4, -0.2) is 19.3 Å². The molecule has 0 saturated heterocycles. The van der Waals surface area contributed by atoms with Gasteiger partial charge in [0.2, 0.25) is 0 Å². The molecule has 0 amide bonds. The Balaban J connectivity index is 1.45. The molecule has 0 radical (unpaired) electrons. The van der Waals surface area contributed by atoms with Crippen LogP contribution in [0.15, 0.2) is 12.1 Å². The Morgan fingerprint density at radius 1 is 1.08 bits per heavy atom. The third kappa shape index (κ3) is 3.50. The molecule has 1 aromatic carbocycles. The van der Waals surface area contributed by atoms with E-state index < -0.39 is 0 Å². The lowest BCUT2D eigenvalue weighted by Crippen LogP contribution is -2.54. The Morgan fingerprint density at radius 3 is 2.28 bits per heavy atom. The first-order valence-corrected chi connectivity index (χ1v) is 10.2. The number of nitrogens with one attached hydrogen (secondary N) is 1. The highest BCUT2D eigenvalue weighted by molar-refractivity contribution is 6.32. The molecule has 138 valence electrons. The molecule has 0 spiro atoms. The minimum atomic E-state index is 0.0726. The van der Waals surface area contributed by atoms with Crippen LogP contribution in [0.4, 0.5) is 0 Å². The van der Waals surface area contributed by atoms with E-state index in [-0.39, 0.29) is 6.10 Å². The maximum atomic E-state index is 6.47. The average Bonchev–Trinajstić information content (AvgIpc) is 2.55. The summed E-state index contributed by atoms with van der Waals surface area (Å²) in [5, 5.41) is 4.50. The highest BCUT2D eigenvalue weighted by Gasteiger charge is 2.47. The summed E-state index contributed by atoms with van der Waals surface area (Å²) in [6, 6.07) is 4.77. The molecule has 0 unspecified atom stereocenters. The first-order chi connectivity index (χ1) is 12.0. The molecule has 4 aliphatic rings. The van der Waals surface area contributed by atoms with E-state index in [1.807, 2.05) is 19.9 Å². The zero-order chi connectivity index (χ0) is 17.6.